The number of halogens is 1. The van der Waals surface area contributed by atoms with E-state index in [-0.39, 0.29) is 12.0 Å². The predicted molar refractivity (Wildman–Crippen MR) is 75.0 cm³/mol. The van der Waals surface area contributed by atoms with Gasteiger partial charge in [-0.1, -0.05) is 17.7 Å². The van der Waals surface area contributed by atoms with Crippen molar-refractivity contribution in [3.8, 4) is 0 Å². The maximum atomic E-state index is 9.67. The highest BCUT2D eigenvalue weighted by Gasteiger charge is 2.34. The average Bonchev–Trinajstić information content (AvgIpc) is 2.40. The molecule has 0 aromatic carbocycles. The summed E-state index contributed by atoms with van der Waals surface area (Å²) in [4.78, 5) is 6.57. The van der Waals surface area contributed by atoms with Crippen LogP contribution < -0.4 is 4.90 Å². The Bertz CT molecular complexity index is 407. The third-order valence-electron chi connectivity index (χ3n) is 3.61. The monoisotopic (exact) mass is 266 g/mol. The lowest BCUT2D eigenvalue weighted by Gasteiger charge is -2.42. The van der Waals surface area contributed by atoms with E-state index < -0.39 is 0 Å². The highest BCUT2D eigenvalue weighted by atomic mass is 35.5. The number of anilines is 1. The third kappa shape index (κ3) is 2.85. The van der Waals surface area contributed by atoms with Crippen LogP contribution >= 0.6 is 11.6 Å². The van der Waals surface area contributed by atoms with Crippen molar-refractivity contribution in [1.82, 2.24) is 4.98 Å². The molecule has 4 heteroatoms. The molecule has 1 aromatic rings. The number of piperidine rings is 1. The molecule has 1 N–H and O–H groups in total. The molecule has 1 aromatic heterocycles. The molecule has 0 aliphatic carbocycles. The Hall–Kier alpha value is -1.06. The minimum Gasteiger partial charge on any atom is -0.396 e. The number of hydrogen-bond acceptors (Lipinski definition) is 3. The van der Waals surface area contributed by atoms with Gasteiger partial charge in [-0.05, 0) is 31.4 Å². The molecule has 18 heavy (non-hydrogen) atoms. The summed E-state index contributed by atoms with van der Waals surface area (Å²) in [5, 5.41) is 10.3. The normalized spacial score (nSPS) is 24.0. The molecule has 98 valence electrons. The molecular weight excluding hydrogens is 248 g/mol. The smallest absolute Gasteiger partial charge is 0.128 e. The van der Waals surface area contributed by atoms with E-state index in [9.17, 15) is 5.11 Å². The van der Waals surface area contributed by atoms with Crippen LogP contribution in [0.15, 0.2) is 31.0 Å². The topological polar surface area (TPSA) is 36.4 Å². The van der Waals surface area contributed by atoms with Gasteiger partial charge in [0.15, 0.2) is 0 Å². The van der Waals surface area contributed by atoms with Crippen molar-refractivity contribution in [2.45, 2.75) is 19.3 Å². The Kier molecular flexibility index (Phi) is 4.25. The third-order valence-corrected chi connectivity index (χ3v) is 3.83. The summed E-state index contributed by atoms with van der Waals surface area (Å²) < 4.78 is 0. The summed E-state index contributed by atoms with van der Waals surface area (Å²) in [6.45, 7) is 5.80. The van der Waals surface area contributed by atoms with Crippen molar-refractivity contribution in [2.24, 2.45) is 5.41 Å². The summed E-state index contributed by atoms with van der Waals surface area (Å²) in [5.74, 6) is 0.931. The first-order valence-electron chi connectivity index (χ1n) is 6.27. The van der Waals surface area contributed by atoms with Crippen LogP contribution in [-0.2, 0) is 0 Å². The molecule has 2 rings (SSSR count). The number of aliphatic hydroxyl groups excluding tert-OH is 1. The van der Waals surface area contributed by atoms with Gasteiger partial charge < -0.3 is 10.0 Å². The van der Waals surface area contributed by atoms with E-state index in [0.717, 1.165) is 38.2 Å². The molecule has 1 saturated heterocycles. The molecule has 0 amide bonds. The summed E-state index contributed by atoms with van der Waals surface area (Å²) in [6.07, 6.45) is 6.51. The van der Waals surface area contributed by atoms with E-state index in [2.05, 4.69) is 16.5 Å². The number of nitrogens with zero attached hydrogens (tertiary/aromatic N) is 2. The fourth-order valence-corrected chi connectivity index (χ4v) is 2.74. The lowest BCUT2D eigenvalue weighted by atomic mass is 9.78. The van der Waals surface area contributed by atoms with Crippen molar-refractivity contribution < 1.29 is 5.11 Å². The van der Waals surface area contributed by atoms with Gasteiger partial charge in [0.2, 0.25) is 0 Å². The number of aliphatic hydroxyl groups is 1. The summed E-state index contributed by atoms with van der Waals surface area (Å²) in [7, 11) is 0. The lowest BCUT2D eigenvalue weighted by molar-refractivity contribution is 0.108. The van der Waals surface area contributed by atoms with Crippen LogP contribution in [0.5, 0.6) is 0 Å². The van der Waals surface area contributed by atoms with E-state index in [1.807, 2.05) is 18.2 Å². The molecular formula is C14H19ClN2O. The van der Waals surface area contributed by atoms with E-state index in [1.54, 1.807) is 6.20 Å². The van der Waals surface area contributed by atoms with Crippen molar-refractivity contribution in [3.63, 3.8) is 0 Å². The molecule has 2 heterocycles. The maximum absolute atomic E-state index is 9.67. The quantitative estimate of drug-likeness (QED) is 0.852. The van der Waals surface area contributed by atoms with Crippen LogP contribution in [0.1, 0.15) is 19.3 Å². The van der Waals surface area contributed by atoms with Gasteiger partial charge in [-0.3, -0.25) is 0 Å². The summed E-state index contributed by atoms with van der Waals surface area (Å²) in [6, 6.07) is 3.79. The fourth-order valence-electron chi connectivity index (χ4n) is 2.62. The molecule has 1 aliphatic rings. The minimum atomic E-state index is -0.0681. The molecule has 1 aliphatic heterocycles. The second-order valence-corrected chi connectivity index (χ2v) is 5.45. The molecule has 3 nitrogen and oxygen atoms in total. The first-order valence-corrected chi connectivity index (χ1v) is 6.65. The summed E-state index contributed by atoms with van der Waals surface area (Å²) >= 11 is 5.85. The fraction of sp³-hybridized carbons (Fsp3) is 0.500. The van der Waals surface area contributed by atoms with Crippen LogP contribution in [0.3, 0.4) is 0 Å². The van der Waals surface area contributed by atoms with Gasteiger partial charge >= 0.3 is 0 Å². The van der Waals surface area contributed by atoms with Crippen molar-refractivity contribution in [3.05, 3.63) is 36.0 Å². The van der Waals surface area contributed by atoms with Gasteiger partial charge in [0.25, 0.3) is 0 Å². The maximum Gasteiger partial charge on any atom is 0.128 e. The SMILES string of the molecule is C=CC[C@@]1(CO)CCCN(c2ccc(Cl)cn2)C1. The van der Waals surface area contributed by atoms with Crippen molar-refractivity contribution in [1.29, 1.82) is 0 Å². The van der Waals surface area contributed by atoms with Crippen molar-refractivity contribution >= 4 is 17.4 Å². The number of rotatable bonds is 4. The summed E-state index contributed by atoms with van der Waals surface area (Å²) in [5.41, 5.74) is -0.0681. The highest BCUT2D eigenvalue weighted by molar-refractivity contribution is 6.30. The van der Waals surface area contributed by atoms with Gasteiger partial charge in [-0.15, -0.1) is 6.58 Å². The van der Waals surface area contributed by atoms with E-state index in [1.165, 1.54) is 0 Å². The largest absolute Gasteiger partial charge is 0.396 e. The molecule has 0 spiro atoms. The van der Waals surface area contributed by atoms with Crippen molar-refractivity contribution in [2.75, 3.05) is 24.6 Å². The van der Waals surface area contributed by atoms with Crippen LogP contribution in [0.25, 0.3) is 0 Å². The Morgan fingerprint density at radius 2 is 2.39 bits per heavy atom. The zero-order valence-corrected chi connectivity index (χ0v) is 11.2. The van der Waals surface area contributed by atoms with Gasteiger partial charge in [-0.2, -0.15) is 0 Å². The average molecular weight is 267 g/mol. The zero-order chi connectivity index (χ0) is 13.0. The highest BCUT2D eigenvalue weighted by Crippen LogP contribution is 2.35. The second-order valence-electron chi connectivity index (χ2n) is 5.01. The number of aromatic nitrogens is 1. The first-order chi connectivity index (χ1) is 8.69. The standard InChI is InChI=1S/C14H19ClN2O/c1-2-6-14(11-18)7-3-8-17(10-14)13-5-4-12(15)9-16-13/h2,4-5,9,18H,1,3,6-8,10-11H2/t14-/m1/s1. The Balaban J connectivity index is 2.14. The van der Waals surface area contributed by atoms with Gasteiger partial charge in [-0.25, -0.2) is 4.98 Å². The number of allylic oxidation sites excluding steroid dienone is 1. The lowest BCUT2D eigenvalue weighted by Crippen LogP contribution is -2.45. The molecule has 0 radical (unpaired) electrons. The Morgan fingerprint density at radius 1 is 1.56 bits per heavy atom. The van der Waals surface area contributed by atoms with E-state index in [0.29, 0.717) is 5.02 Å². The van der Waals surface area contributed by atoms with Crippen LogP contribution in [0.2, 0.25) is 5.02 Å². The molecule has 0 bridgehead atoms. The zero-order valence-electron chi connectivity index (χ0n) is 10.5. The van der Waals surface area contributed by atoms with Crippen LogP contribution in [0, 0.1) is 5.41 Å². The Morgan fingerprint density at radius 3 is 3.00 bits per heavy atom. The van der Waals surface area contributed by atoms with Crippen LogP contribution in [-0.4, -0.2) is 29.8 Å². The van der Waals surface area contributed by atoms with Gasteiger partial charge in [0.1, 0.15) is 5.82 Å². The first kappa shape index (κ1) is 13.4. The van der Waals surface area contributed by atoms with E-state index >= 15 is 0 Å². The molecule has 0 unspecified atom stereocenters. The molecule has 1 atom stereocenters. The molecule has 1 fully saturated rings. The van der Waals surface area contributed by atoms with Crippen LogP contribution in [0.4, 0.5) is 5.82 Å². The Labute approximate surface area is 113 Å². The van der Waals surface area contributed by atoms with Gasteiger partial charge in [0.05, 0.1) is 11.6 Å². The second kappa shape index (κ2) is 5.72. The predicted octanol–water partition coefficient (Wildman–Crippen LogP) is 2.89. The number of pyridine rings is 1. The molecule has 0 saturated carbocycles. The minimum absolute atomic E-state index is 0.0681. The van der Waals surface area contributed by atoms with E-state index in [4.69, 9.17) is 11.6 Å². The number of hydrogen-bond donors (Lipinski definition) is 1. The van der Waals surface area contributed by atoms with Gasteiger partial charge in [0, 0.05) is 24.7 Å².